The van der Waals surface area contributed by atoms with Crippen LogP contribution >= 0.6 is 0 Å². The van der Waals surface area contributed by atoms with E-state index in [9.17, 15) is 4.79 Å². The number of carbonyl (C=O) groups excluding carboxylic acids is 1. The molecule has 5 nitrogen and oxygen atoms in total. The number of nitrogens with two attached hydrogens (primary N) is 1. The Morgan fingerprint density at radius 2 is 2.31 bits per heavy atom. The van der Waals surface area contributed by atoms with E-state index >= 15 is 0 Å². The molecule has 1 rings (SSSR count). The molecule has 0 aliphatic carbocycles. The highest BCUT2D eigenvalue weighted by atomic mass is 16.5. The van der Waals surface area contributed by atoms with Crippen molar-refractivity contribution in [1.29, 1.82) is 0 Å². The van der Waals surface area contributed by atoms with Crippen LogP contribution in [0.1, 0.15) is 5.69 Å². The first-order valence-electron chi connectivity index (χ1n) is 4.74. The number of nitrogens with zero attached hydrogens (tertiary/aromatic N) is 1. The Balaban J connectivity index is 2.49. The summed E-state index contributed by atoms with van der Waals surface area (Å²) in [6.07, 6.45) is 2.84. The zero-order valence-electron chi connectivity index (χ0n) is 9.27. The first-order chi connectivity index (χ1) is 7.63. The summed E-state index contributed by atoms with van der Waals surface area (Å²) >= 11 is 0. The van der Waals surface area contributed by atoms with E-state index in [4.69, 9.17) is 10.5 Å². The molecule has 5 heteroatoms. The van der Waals surface area contributed by atoms with Crippen molar-refractivity contribution in [3.63, 3.8) is 0 Å². The van der Waals surface area contributed by atoms with Crippen molar-refractivity contribution in [2.45, 2.75) is 6.92 Å². The van der Waals surface area contributed by atoms with Crippen LogP contribution in [-0.2, 0) is 9.53 Å². The van der Waals surface area contributed by atoms with Crippen LogP contribution < -0.4 is 10.5 Å². The molecule has 0 bridgehead atoms. The van der Waals surface area contributed by atoms with Crippen LogP contribution in [0.2, 0.25) is 0 Å². The summed E-state index contributed by atoms with van der Waals surface area (Å²) in [7, 11) is 1.31. The van der Waals surface area contributed by atoms with E-state index in [1.165, 1.54) is 13.2 Å². The summed E-state index contributed by atoms with van der Waals surface area (Å²) in [5.41, 5.74) is 6.47. The fourth-order valence-electron chi connectivity index (χ4n) is 1.04. The van der Waals surface area contributed by atoms with Crippen LogP contribution in [-0.4, -0.2) is 24.7 Å². The number of anilines is 1. The molecule has 1 aromatic rings. The second-order valence-electron chi connectivity index (χ2n) is 3.07. The molecule has 0 unspecified atom stereocenters. The van der Waals surface area contributed by atoms with Gasteiger partial charge in [-0.2, -0.15) is 0 Å². The number of carbonyl (C=O) groups is 1. The van der Waals surface area contributed by atoms with Crippen molar-refractivity contribution in [1.82, 2.24) is 4.98 Å². The highest BCUT2D eigenvalue weighted by Crippen LogP contribution is 2.18. The molecule has 0 aromatic carbocycles. The molecule has 0 aliphatic heterocycles. The zero-order valence-corrected chi connectivity index (χ0v) is 9.27. The van der Waals surface area contributed by atoms with Crippen LogP contribution in [0.4, 0.5) is 5.82 Å². The monoisotopic (exact) mass is 222 g/mol. The lowest BCUT2D eigenvalue weighted by molar-refractivity contribution is -0.134. The van der Waals surface area contributed by atoms with Crippen molar-refractivity contribution < 1.29 is 14.3 Å². The van der Waals surface area contributed by atoms with Gasteiger partial charge in [0, 0.05) is 11.8 Å². The van der Waals surface area contributed by atoms with Gasteiger partial charge in [-0.15, -0.1) is 0 Å². The van der Waals surface area contributed by atoms with E-state index in [-0.39, 0.29) is 6.61 Å². The van der Waals surface area contributed by atoms with Gasteiger partial charge in [0.05, 0.1) is 7.11 Å². The maximum absolute atomic E-state index is 10.7. The van der Waals surface area contributed by atoms with E-state index in [0.29, 0.717) is 11.6 Å². The van der Waals surface area contributed by atoms with Gasteiger partial charge in [-0.05, 0) is 25.1 Å². The molecule has 0 radical (unpaired) electrons. The molecule has 0 spiro atoms. The lowest BCUT2D eigenvalue weighted by atomic mass is 10.3. The molecular weight excluding hydrogens is 208 g/mol. The van der Waals surface area contributed by atoms with E-state index in [0.717, 1.165) is 5.69 Å². The van der Waals surface area contributed by atoms with Gasteiger partial charge < -0.3 is 15.2 Å². The number of ether oxygens (including phenoxy) is 2. The minimum atomic E-state index is -0.418. The molecule has 0 amide bonds. The van der Waals surface area contributed by atoms with Gasteiger partial charge in [-0.3, -0.25) is 0 Å². The van der Waals surface area contributed by atoms with Crippen molar-refractivity contribution in [3.8, 4) is 5.75 Å². The SMILES string of the molecule is COC(=O)C=CCOc1ccc(C)nc1N. The third kappa shape index (κ3) is 3.61. The molecule has 0 aliphatic rings. The third-order valence-electron chi connectivity index (χ3n) is 1.82. The van der Waals surface area contributed by atoms with E-state index in [1.807, 2.05) is 6.92 Å². The van der Waals surface area contributed by atoms with Gasteiger partial charge in [0.1, 0.15) is 6.61 Å². The Morgan fingerprint density at radius 1 is 1.56 bits per heavy atom. The van der Waals surface area contributed by atoms with Gasteiger partial charge in [0.15, 0.2) is 11.6 Å². The van der Waals surface area contributed by atoms with Crippen LogP contribution in [0, 0.1) is 6.92 Å². The fourth-order valence-corrected chi connectivity index (χ4v) is 1.04. The van der Waals surface area contributed by atoms with E-state index in [2.05, 4.69) is 9.72 Å². The number of hydrogen-bond acceptors (Lipinski definition) is 5. The Bertz CT molecular complexity index is 402. The third-order valence-corrected chi connectivity index (χ3v) is 1.82. The van der Waals surface area contributed by atoms with Gasteiger partial charge in [-0.1, -0.05) is 0 Å². The number of pyridine rings is 1. The molecule has 16 heavy (non-hydrogen) atoms. The average molecular weight is 222 g/mol. The highest BCUT2D eigenvalue weighted by molar-refractivity contribution is 5.81. The Labute approximate surface area is 93.9 Å². The summed E-state index contributed by atoms with van der Waals surface area (Å²) < 4.78 is 9.73. The summed E-state index contributed by atoms with van der Waals surface area (Å²) in [5, 5.41) is 0. The number of aryl methyl sites for hydroxylation is 1. The van der Waals surface area contributed by atoms with Crippen LogP contribution in [0.5, 0.6) is 5.75 Å². The lowest BCUT2D eigenvalue weighted by Gasteiger charge is -2.05. The lowest BCUT2D eigenvalue weighted by Crippen LogP contribution is -2.01. The number of rotatable bonds is 4. The molecule has 1 aromatic heterocycles. The molecular formula is C11H14N2O3. The van der Waals surface area contributed by atoms with E-state index in [1.54, 1.807) is 18.2 Å². The molecule has 0 saturated heterocycles. The van der Waals surface area contributed by atoms with Crippen molar-refractivity contribution in [3.05, 3.63) is 30.0 Å². The summed E-state index contributed by atoms with van der Waals surface area (Å²) in [6, 6.07) is 3.54. The maximum Gasteiger partial charge on any atom is 0.330 e. The Morgan fingerprint density at radius 3 is 2.94 bits per heavy atom. The molecule has 0 saturated carbocycles. The first-order valence-corrected chi connectivity index (χ1v) is 4.74. The van der Waals surface area contributed by atoms with Crippen molar-refractivity contribution in [2.24, 2.45) is 0 Å². The topological polar surface area (TPSA) is 74.4 Å². The minimum Gasteiger partial charge on any atom is -0.486 e. The van der Waals surface area contributed by atoms with Crippen molar-refractivity contribution >= 4 is 11.8 Å². The van der Waals surface area contributed by atoms with Crippen LogP contribution in [0.15, 0.2) is 24.3 Å². The van der Waals surface area contributed by atoms with Gasteiger partial charge >= 0.3 is 5.97 Å². The normalized spacial score (nSPS) is 10.4. The number of nitrogen functional groups attached to an aromatic ring is 1. The first kappa shape index (κ1) is 12.0. The quantitative estimate of drug-likeness (QED) is 0.609. The maximum atomic E-state index is 10.7. The van der Waals surface area contributed by atoms with Crippen LogP contribution in [0.25, 0.3) is 0 Å². The highest BCUT2D eigenvalue weighted by Gasteiger charge is 2.00. The second kappa shape index (κ2) is 5.75. The summed E-state index contributed by atoms with van der Waals surface area (Å²) in [6.45, 7) is 2.08. The predicted molar refractivity (Wildman–Crippen MR) is 60.0 cm³/mol. The molecule has 0 fully saturated rings. The number of hydrogen-bond donors (Lipinski definition) is 1. The van der Waals surface area contributed by atoms with Gasteiger partial charge in [0.2, 0.25) is 0 Å². The largest absolute Gasteiger partial charge is 0.486 e. The zero-order chi connectivity index (χ0) is 12.0. The number of methoxy groups -OCH3 is 1. The smallest absolute Gasteiger partial charge is 0.330 e. The summed E-state index contributed by atoms with van der Waals surface area (Å²) in [5.74, 6) is 0.421. The fraction of sp³-hybridized carbons (Fsp3) is 0.273. The standard InChI is InChI=1S/C11H14N2O3/c1-8-5-6-9(11(12)13-8)16-7-3-4-10(14)15-2/h3-6H,7H2,1-2H3,(H2,12,13). The predicted octanol–water partition coefficient (Wildman–Crippen LogP) is 1.08. The van der Waals surface area contributed by atoms with Gasteiger partial charge in [-0.25, -0.2) is 9.78 Å². The Hall–Kier alpha value is -2.04. The van der Waals surface area contributed by atoms with Crippen LogP contribution in [0.3, 0.4) is 0 Å². The molecule has 86 valence electrons. The number of esters is 1. The second-order valence-corrected chi connectivity index (χ2v) is 3.07. The summed E-state index contributed by atoms with van der Waals surface area (Å²) in [4.78, 5) is 14.8. The number of aromatic nitrogens is 1. The Kier molecular flexibility index (Phi) is 4.32. The van der Waals surface area contributed by atoms with Crippen molar-refractivity contribution in [2.75, 3.05) is 19.5 Å². The average Bonchev–Trinajstić information content (AvgIpc) is 2.26. The minimum absolute atomic E-state index is 0.240. The molecule has 0 atom stereocenters. The molecule has 2 N–H and O–H groups in total. The van der Waals surface area contributed by atoms with E-state index < -0.39 is 5.97 Å². The van der Waals surface area contributed by atoms with Gasteiger partial charge in [0.25, 0.3) is 0 Å². The molecule has 1 heterocycles.